The quantitative estimate of drug-likeness (QED) is 0.552. The van der Waals surface area contributed by atoms with Crippen molar-refractivity contribution in [3.8, 4) is 28.4 Å². The van der Waals surface area contributed by atoms with Gasteiger partial charge in [-0.2, -0.15) is 9.61 Å². The van der Waals surface area contributed by atoms with Gasteiger partial charge in [0.25, 0.3) is 11.3 Å². The Morgan fingerprint density at radius 2 is 1.68 bits per heavy atom. The van der Waals surface area contributed by atoms with Gasteiger partial charge in [-0.1, -0.05) is 0 Å². The zero-order chi connectivity index (χ0) is 17.4. The minimum absolute atomic E-state index is 0.270. The van der Waals surface area contributed by atoms with Crippen molar-refractivity contribution in [2.75, 3.05) is 12.8 Å². The highest BCUT2D eigenvalue weighted by Gasteiger charge is 2.14. The molecule has 0 spiro atoms. The lowest BCUT2D eigenvalue weighted by atomic mass is 10.1. The van der Waals surface area contributed by atoms with Crippen molar-refractivity contribution >= 4 is 11.5 Å². The van der Waals surface area contributed by atoms with Gasteiger partial charge in [-0.25, -0.2) is 0 Å². The van der Waals surface area contributed by atoms with E-state index in [1.54, 1.807) is 43.5 Å². The number of hydrogen-bond donors (Lipinski definition) is 2. The normalized spacial score (nSPS) is 10.9. The number of nitrogens with one attached hydrogen (secondary N) is 1. The van der Waals surface area contributed by atoms with E-state index in [1.807, 2.05) is 12.1 Å². The molecule has 0 aliphatic rings. The molecule has 25 heavy (non-hydrogen) atoms. The summed E-state index contributed by atoms with van der Waals surface area (Å²) >= 11 is 0. The number of anilines is 1. The molecule has 0 fully saturated rings. The van der Waals surface area contributed by atoms with Crippen LogP contribution in [0.3, 0.4) is 0 Å². The summed E-state index contributed by atoms with van der Waals surface area (Å²) < 4.78 is 6.64. The van der Waals surface area contributed by atoms with Crippen LogP contribution in [0.2, 0.25) is 0 Å². The molecular weight excluding hydrogens is 320 g/mol. The first-order chi connectivity index (χ1) is 12.2. The topological polar surface area (TPSA) is 111 Å². The van der Waals surface area contributed by atoms with E-state index in [4.69, 9.17) is 10.5 Å². The molecule has 0 amide bonds. The van der Waals surface area contributed by atoms with Gasteiger partial charge in [0, 0.05) is 16.8 Å². The standard InChI is InChI=1S/C17H14N6O2/c1-25-13-8-4-10(5-9-13)14-16(24)19-17-21-20-15(23(17)22-14)11-2-6-12(18)7-3-11/h2-9H,18H2,1H3,(H,19,21,24). The van der Waals surface area contributed by atoms with Crippen molar-refractivity contribution in [1.82, 2.24) is 24.8 Å². The van der Waals surface area contributed by atoms with Crippen LogP contribution in [-0.4, -0.2) is 31.9 Å². The Hall–Kier alpha value is -3.68. The summed E-state index contributed by atoms with van der Waals surface area (Å²) in [6.45, 7) is 0. The predicted octanol–water partition coefficient (Wildman–Crippen LogP) is 1.74. The highest BCUT2D eigenvalue weighted by Crippen LogP contribution is 2.21. The third-order valence-electron chi connectivity index (χ3n) is 3.81. The number of nitrogens with zero attached hydrogens (tertiary/aromatic N) is 4. The number of fused-ring (bicyclic) bond motifs is 1. The van der Waals surface area contributed by atoms with Gasteiger partial charge in [-0.05, 0) is 48.5 Å². The van der Waals surface area contributed by atoms with Crippen LogP contribution in [-0.2, 0) is 0 Å². The molecule has 0 radical (unpaired) electrons. The van der Waals surface area contributed by atoms with Crippen molar-refractivity contribution in [1.29, 1.82) is 0 Å². The highest BCUT2D eigenvalue weighted by atomic mass is 16.5. The Balaban J connectivity index is 1.88. The Kier molecular flexibility index (Phi) is 3.42. The van der Waals surface area contributed by atoms with E-state index in [0.29, 0.717) is 22.8 Å². The van der Waals surface area contributed by atoms with E-state index in [-0.39, 0.29) is 17.0 Å². The summed E-state index contributed by atoms with van der Waals surface area (Å²) in [5.41, 5.74) is 7.76. The van der Waals surface area contributed by atoms with Gasteiger partial charge in [0.15, 0.2) is 11.5 Å². The maximum Gasteiger partial charge on any atom is 0.279 e. The SMILES string of the molecule is COc1ccc(-c2nn3c(-c4ccc(N)cc4)nnc3[nH]c2=O)cc1. The van der Waals surface area contributed by atoms with Crippen molar-refractivity contribution < 1.29 is 4.74 Å². The summed E-state index contributed by atoms with van der Waals surface area (Å²) in [4.78, 5) is 15.0. The summed E-state index contributed by atoms with van der Waals surface area (Å²) in [5, 5.41) is 12.5. The van der Waals surface area contributed by atoms with Crippen molar-refractivity contribution in [3.63, 3.8) is 0 Å². The van der Waals surface area contributed by atoms with Crippen LogP contribution in [0, 0.1) is 0 Å². The molecule has 3 N–H and O–H groups in total. The molecule has 0 bridgehead atoms. The number of hydrogen-bond acceptors (Lipinski definition) is 6. The molecule has 0 saturated heterocycles. The summed E-state index contributed by atoms with van der Waals surface area (Å²) in [7, 11) is 1.59. The zero-order valence-corrected chi connectivity index (χ0v) is 13.3. The van der Waals surface area contributed by atoms with Crippen molar-refractivity contribution in [2.24, 2.45) is 0 Å². The molecule has 0 aliphatic carbocycles. The number of aromatic nitrogens is 5. The third-order valence-corrected chi connectivity index (χ3v) is 3.81. The second-order valence-electron chi connectivity index (χ2n) is 5.41. The lowest BCUT2D eigenvalue weighted by Crippen LogP contribution is -2.15. The number of nitrogen functional groups attached to an aromatic ring is 1. The maximum absolute atomic E-state index is 12.3. The molecule has 4 aromatic rings. The Bertz CT molecular complexity index is 1100. The highest BCUT2D eigenvalue weighted by molar-refractivity contribution is 5.63. The predicted molar refractivity (Wildman–Crippen MR) is 93.2 cm³/mol. The molecule has 0 aliphatic heterocycles. The molecule has 2 aromatic carbocycles. The second-order valence-corrected chi connectivity index (χ2v) is 5.41. The minimum atomic E-state index is -0.339. The molecule has 0 atom stereocenters. The van der Waals surface area contributed by atoms with Gasteiger partial charge < -0.3 is 10.5 Å². The first kappa shape index (κ1) is 14.9. The monoisotopic (exact) mass is 334 g/mol. The minimum Gasteiger partial charge on any atom is -0.497 e. The van der Waals surface area contributed by atoms with Crippen LogP contribution in [0.15, 0.2) is 53.3 Å². The molecule has 2 heterocycles. The lowest BCUT2D eigenvalue weighted by Gasteiger charge is -2.04. The number of ether oxygens (including phenoxy) is 1. The van der Waals surface area contributed by atoms with Crippen molar-refractivity contribution in [3.05, 3.63) is 58.9 Å². The number of nitrogens with two attached hydrogens (primary N) is 1. The van der Waals surface area contributed by atoms with Gasteiger partial charge >= 0.3 is 0 Å². The lowest BCUT2D eigenvalue weighted by molar-refractivity contribution is 0.415. The molecule has 124 valence electrons. The molecule has 8 nitrogen and oxygen atoms in total. The van der Waals surface area contributed by atoms with E-state index in [0.717, 1.165) is 5.56 Å². The second kappa shape index (κ2) is 5.75. The summed E-state index contributed by atoms with van der Waals surface area (Å²) in [6, 6.07) is 14.3. The van der Waals surface area contributed by atoms with Gasteiger partial charge in [-0.3, -0.25) is 9.78 Å². The number of methoxy groups -OCH3 is 1. The van der Waals surface area contributed by atoms with E-state index in [2.05, 4.69) is 20.3 Å². The van der Waals surface area contributed by atoms with E-state index in [9.17, 15) is 4.79 Å². The molecule has 0 saturated carbocycles. The van der Waals surface area contributed by atoms with E-state index < -0.39 is 0 Å². The van der Waals surface area contributed by atoms with E-state index >= 15 is 0 Å². The molecular formula is C17H14N6O2. The van der Waals surface area contributed by atoms with Crippen LogP contribution in [0.5, 0.6) is 5.75 Å². The fraction of sp³-hybridized carbons (Fsp3) is 0.0588. The maximum atomic E-state index is 12.3. The largest absolute Gasteiger partial charge is 0.497 e. The fourth-order valence-electron chi connectivity index (χ4n) is 2.51. The number of aromatic amines is 1. The average molecular weight is 334 g/mol. The number of rotatable bonds is 3. The van der Waals surface area contributed by atoms with Gasteiger partial charge in [0.2, 0.25) is 0 Å². The van der Waals surface area contributed by atoms with Crippen LogP contribution in [0.25, 0.3) is 28.4 Å². The molecule has 8 heteroatoms. The summed E-state index contributed by atoms with van der Waals surface area (Å²) in [6.07, 6.45) is 0. The smallest absolute Gasteiger partial charge is 0.279 e. The number of H-pyrrole nitrogens is 1. The zero-order valence-electron chi connectivity index (χ0n) is 13.3. The third kappa shape index (κ3) is 2.59. The van der Waals surface area contributed by atoms with Gasteiger partial charge in [-0.15, -0.1) is 10.2 Å². The first-order valence-electron chi connectivity index (χ1n) is 7.52. The average Bonchev–Trinajstić information content (AvgIpc) is 3.04. The van der Waals surface area contributed by atoms with Crippen molar-refractivity contribution in [2.45, 2.75) is 0 Å². The van der Waals surface area contributed by atoms with Crippen LogP contribution in [0.1, 0.15) is 0 Å². The first-order valence-corrected chi connectivity index (χ1v) is 7.52. The Morgan fingerprint density at radius 1 is 1.00 bits per heavy atom. The molecule has 2 aromatic heterocycles. The van der Waals surface area contributed by atoms with Crippen LogP contribution >= 0.6 is 0 Å². The Labute approximate surface area is 141 Å². The van der Waals surface area contributed by atoms with Gasteiger partial charge in [0.05, 0.1) is 7.11 Å². The fourth-order valence-corrected chi connectivity index (χ4v) is 2.51. The van der Waals surface area contributed by atoms with E-state index in [1.165, 1.54) is 4.52 Å². The molecule has 4 rings (SSSR count). The number of benzene rings is 2. The van der Waals surface area contributed by atoms with Crippen LogP contribution in [0.4, 0.5) is 5.69 Å². The molecule has 0 unspecified atom stereocenters. The summed E-state index contributed by atoms with van der Waals surface area (Å²) in [5.74, 6) is 1.49. The van der Waals surface area contributed by atoms with Crippen LogP contribution < -0.4 is 16.0 Å². The van der Waals surface area contributed by atoms with Gasteiger partial charge in [0.1, 0.15) is 5.75 Å². The Morgan fingerprint density at radius 3 is 2.36 bits per heavy atom.